The van der Waals surface area contributed by atoms with Gasteiger partial charge in [-0.05, 0) is 78.8 Å². The fourth-order valence-electron chi connectivity index (χ4n) is 5.51. The Labute approximate surface area is 190 Å². The summed E-state index contributed by atoms with van der Waals surface area (Å²) in [4.78, 5) is 16.6. The fourth-order valence-corrected chi connectivity index (χ4v) is 5.51. The van der Waals surface area contributed by atoms with Gasteiger partial charge in [0.1, 0.15) is 0 Å². The van der Waals surface area contributed by atoms with Crippen molar-refractivity contribution in [1.29, 1.82) is 0 Å². The van der Waals surface area contributed by atoms with Crippen LogP contribution in [0.1, 0.15) is 87.3 Å². The minimum absolute atomic E-state index is 0.255. The molecule has 0 amide bonds. The first-order chi connectivity index (χ1) is 15.0. The van der Waals surface area contributed by atoms with E-state index in [0.29, 0.717) is 23.4 Å². The lowest BCUT2D eigenvalue weighted by molar-refractivity contribution is 0.0696. The maximum atomic E-state index is 11.7. The van der Waals surface area contributed by atoms with Gasteiger partial charge in [-0.1, -0.05) is 46.8 Å². The number of aromatic carboxylic acids is 1. The van der Waals surface area contributed by atoms with Gasteiger partial charge in [0.05, 0.1) is 16.6 Å². The highest BCUT2D eigenvalue weighted by Gasteiger charge is 2.35. The molecule has 1 heterocycles. The average Bonchev–Trinajstić information content (AvgIpc) is 3.02. The summed E-state index contributed by atoms with van der Waals surface area (Å²) >= 11 is 0. The average molecular weight is 434 g/mol. The number of benzene rings is 2. The molecule has 1 unspecified atom stereocenters. The molecule has 2 atom stereocenters. The lowest BCUT2D eigenvalue weighted by Gasteiger charge is -2.40. The van der Waals surface area contributed by atoms with Crippen LogP contribution < -0.4 is 5.32 Å². The van der Waals surface area contributed by atoms with Crippen molar-refractivity contribution in [3.8, 4) is 0 Å². The number of hydrogen-bond acceptors (Lipinski definition) is 3. The molecule has 1 saturated carbocycles. The van der Waals surface area contributed by atoms with Crippen LogP contribution in [0.5, 0.6) is 0 Å². The van der Waals surface area contributed by atoms with Crippen LogP contribution in [0.25, 0.3) is 11.0 Å². The van der Waals surface area contributed by atoms with Crippen molar-refractivity contribution in [2.24, 2.45) is 11.3 Å². The Morgan fingerprint density at radius 1 is 1.19 bits per heavy atom. The number of anilines is 2. The summed E-state index contributed by atoms with van der Waals surface area (Å²) in [5.41, 5.74) is 5.35. The molecule has 0 radical (unpaired) electrons. The Kier molecular flexibility index (Phi) is 5.78. The van der Waals surface area contributed by atoms with E-state index >= 15 is 0 Å². The van der Waals surface area contributed by atoms with E-state index in [0.717, 1.165) is 41.1 Å². The summed E-state index contributed by atoms with van der Waals surface area (Å²) in [6.07, 6.45) is 3.39. The number of carboxylic acids is 1. The molecule has 3 aromatic rings. The molecule has 4 rings (SSSR count). The van der Waals surface area contributed by atoms with Crippen molar-refractivity contribution in [3.63, 3.8) is 0 Å². The molecule has 5 heteroatoms. The van der Waals surface area contributed by atoms with Crippen LogP contribution in [0.15, 0.2) is 36.4 Å². The zero-order chi connectivity index (χ0) is 23.2. The highest BCUT2D eigenvalue weighted by atomic mass is 16.4. The zero-order valence-electron chi connectivity index (χ0n) is 20.1. The molecule has 1 aliphatic rings. The number of hydrogen-bond donors (Lipinski definition) is 2. The molecule has 170 valence electrons. The van der Waals surface area contributed by atoms with Crippen LogP contribution in [0.2, 0.25) is 0 Å². The second-order valence-electron chi connectivity index (χ2n) is 10.7. The lowest BCUT2D eigenvalue weighted by atomic mass is 9.70. The maximum absolute atomic E-state index is 11.7. The molecule has 0 aliphatic heterocycles. The van der Waals surface area contributed by atoms with Gasteiger partial charge in [-0.3, -0.25) is 0 Å². The number of aryl methyl sites for hydroxylation is 1. The number of imidazole rings is 1. The third-order valence-electron chi connectivity index (χ3n) is 6.83. The van der Waals surface area contributed by atoms with Gasteiger partial charge in [0.25, 0.3) is 0 Å². The summed E-state index contributed by atoms with van der Waals surface area (Å²) in [7, 11) is 0. The van der Waals surface area contributed by atoms with E-state index < -0.39 is 5.97 Å². The van der Waals surface area contributed by atoms with Gasteiger partial charge in [-0.25, -0.2) is 9.78 Å². The highest BCUT2D eigenvalue weighted by molar-refractivity contribution is 5.95. The number of carboxylic acid groups (broad SMARTS) is 1. The quantitative estimate of drug-likeness (QED) is 0.443. The molecule has 2 aromatic carbocycles. The Hall–Kier alpha value is -2.82. The van der Waals surface area contributed by atoms with Gasteiger partial charge in [0.15, 0.2) is 0 Å². The molecule has 2 N–H and O–H groups in total. The second kappa shape index (κ2) is 8.27. The third kappa shape index (κ3) is 4.38. The third-order valence-corrected chi connectivity index (χ3v) is 6.83. The first-order valence-electron chi connectivity index (χ1n) is 11.7. The number of rotatable bonds is 5. The van der Waals surface area contributed by atoms with Gasteiger partial charge in [-0.2, -0.15) is 0 Å². The van der Waals surface area contributed by atoms with Crippen LogP contribution >= 0.6 is 0 Å². The van der Waals surface area contributed by atoms with Gasteiger partial charge >= 0.3 is 5.97 Å². The van der Waals surface area contributed by atoms with Crippen LogP contribution in [0.3, 0.4) is 0 Å². The molecule has 1 aromatic heterocycles. The Balaban J connectivity index is 1.82. The van der Waals surface area contributed by atoms with E-state index in [1.54, 1.807) is 6.07 Å². The number of nitrogens with one attached hydrogen (secondary N) is 1. The number of carbonyl (C=O) groups is 1. The topological polar surface area (TPSA) is 67.2 Å². The minimum atomic E-state index is -0.912. The number of aromatic nitrogens is 2. The van der Waals surface area contributed by atoms with E-state index in [4.69, 9.17) is 4.98 Å². The van der Waals surface area contributed by atoms with Gasteiger partial charge in [0, 0.05) is 11.7 Å². The molecular weight excluding hydrogens is 398 g/mol. The van der Waals surface area contributed by atoms with Gasteiger partial charge in [0.2, 0.25) is 5.95 Å². The van der Waals surface area contributed by atoms with Crippen molar-refractivity contribution in [2.45, 2.75) is 72.8 Å². The largest absolute Gasteiger partial charge is 0.478 e. The summed E-state index contributed by atoms with van der Waals surface area (Å²) < 4.78 is 2.32. The SMILES string of the molecule is Cc1cc2c(cc1C(=O)O)nc(Nc1ccc(C(C)C)cc1)n2[C@@H]1CC(C)CC(C)(C)C1. The summed E-state index contributed by atoms with van der Waals surface area (Å²) in [6.45, 7) is 13.3. The first-order valence-corrected chi connectivity index (χ1v) is 11.7. The monoisotopic (exact) mass is 433 g/mol. The molecule has 5 nitrogen and oxygen atoms in total. The zero-order valence-corrected chi connectivity index (χ0v) is 20.1. The predicted molar refractivity (Wildman–Crippen MR) is 131 cm³/mol. The van der Waals surface area contributed by atoms with Crippen molar-refractivity contribution in [3.05, 3.63) is 53.1 Å². The second-order valence-corrected chi connectivity index (χ2v) is 10.7. The standard InChI is InChI=1S/C27H35N3O2/c1-16(2)19-7-9-20(10-8-19)28-26-29-23-13-22(25(31)32)18(4)12-24(23)30(26)21-11-17(3)14-27(5,6)15-21/h7-10,12-13,16-17,21H,11,14-15H2,1-6H3,(H,28,29)(H,31,32)/t17?,21-/m1/s1. The summed E-state index contributed by atoms with van der Waals surface area (Å²) in [5.74, 6) is 0.982. The van der Waals surface area contributed by atoms with Crippen LogP contribution in [0, 0.1) is 18.3 Å². The van der Waals surface area contributed by atoms with E-state index in [1.165, 1.54) is 12.0 Å². The van der Waals surface area contributed by atoms with Gasteiger partial charge in [-0.15, -0.1) is 0 Å². The summed E-state index contributed by atoms with van der Waals surface area (Å²) in [5, 5.41) is 13.1. The first kappa shape index (κ1) is 22.4. The fraction of sp³-hybridized carbons (Fsp3) is 0.481. The maximum Gasteiger partial charge on any atom is 0.336 e. The molecule has 0 saturated heterocycles. The smallest absolute Gasteiger partial charge is 0.336 e. The van der Waals surface area contributed by atoms with Crippen molar-refractivity contribution in [1.82, 2.24) is 9.55 Å². The predicted octanol–water partition coefficient (Wildman–Crippen LogP) is 7.30. The highest BCUT2D eigenvalue weighted by Crippen LogP contribution is 2.46. The Morgan fingerprint density at radius 2 is 1.88 bits per heavy atom. The van der Waals surface area contributed by atoms with Crippen LogP contribution in [-0.4, -0.2) is 20.6 Å². The number of fused-ring (bicyclic) bond motifs is 1. The van der Waals surface area contributed by atoms with E-state index in [1.807, 2.05) is 13.0 Å². The van der Waals surface area contributed by atoms with Crippen LogP contribution in [0.4, 0.5) is 11.6 Å². The van der Waals surface area contributed by atoms with Gasteiger partial charge < -0.3 is 15.0 Å². The van der Waals surface area contributed by atoms with Crippen molar-refractivity contribution in [2.75, 3.05) is 5.32 Å². The van der Waals surface area contributed by atoms with Crippen molar-refractivity contribution >= 4 is 28.6 Å². The summed E-state index contributed by atoms with van der Waals surface area (Å²) in [6, 6.07) is 12.5. The Bertz CT molecular complexity index is 1140. The van der Waals surface area contributed by atoms with E-state index in [-0.39, 0.29) is 5.41 Å². The number of nitrogens with zero attached hydrogens (tertiary/aromatic N) is 2. The molecule has 1 aliphatic carbocycles. The molecular formula is C27H35N3O2. The molecule has 0 bridgehead atoms. The molecule has 32 heavy (non-hydrogen) atoms. The van der Waals surface area contributed by atoms with E-state index in [9.17, 15) is 9.90 Å². The van der Waals surface area contributed by atoms with E-state index in [2.05, 4.69) is 68.8 Å². The normalized spacial score (nSPS) is 20.6. The Morgan fingerprint density at radius 3 is 2.47 bits per heavy atom. The molecule has 1 fully saturated rings. The minimum Gasteiger partial charge on any atom is -0.478 e. The lowest BCUT2D eigenvalue weighted by Crippen LogP contribution is -2.29. The van der Waals surface area contributed by atoms with Crippen molar-refractivity contribution < 1.29 is 9.90 Å². The van der Waals surface area contributed by atoms with Crippen LogP contribution in [-0.2, 0) is 0 Å². The molecule has 0 spiro atoms.